The lowest BCUT2D eigenvalue weighted by Gasteiger charge is -2.18. The van der Waals surface area contributed by atoms with E-state index in [1.54, 1.807) is 48.5 Å². The van der Waals surface area contributed by atoms with Crippen molar-refractivity contribution in [1.82, 2.24) is 0 Å². The molecule has 0 aliphatic heterocycles. The Kier molecular flexibility index (Phi) is 5.24. The van der Waals surface area contributed by atoms with Gasteiger partial charge in [-0.25, -0.2) is 0 Å². The Bertz CT molecular complexity index is 683. The number of para-hydroxylation sites is 1. The quantitative estimate of drug-likeness (QED) is 0.692. The minimum Gasteiger partial charge on any atom is -0.285 e. The lowest BCUT2D eigenvalue weighted by atomic mass is 10.2. The second kappa shape index (κ2) is 6.95. The van der Waals surface area contributed by atoms with Crippen molar-refractivity contribution in [2.45, 2.75) is 0 Å². The average Bonchev–Trinajstić information content (AvgIpc) is 2.48. The van der Waals surface area contributed by atoms with E-state index in [0.717, 1.165) is 5.82 Å². The van der Waals surface area contributed by atoms with Crippen LogP contribution in [0.5, 0.6) is 0 Å². The molecule has 0 aromatic heterocycles. The molecular formula is C15H12Cl2NO2P. The first-order valence-electron chi connectivity index (χ1n) is 6.09. The van der Waals surface area contributed by atoms with Crippen LogP contribution in [0.3, 0.4) is 0 Å². The Hall–Kier alpha value is -1.54. The molecule has 0 saturated carbocycles. The first-order valence-corrected chi connectivity index (χ1v) is 9.68. The molecular weight excluding hydrogens is 328 g/mol. The molecule has 108 valence electrons. The highest BCUT2D eigenvalue weighted by Crippen LogP contribution is 2.58. The molecule has 3 nitrogen and oxygen atoms in total. The summed E-state index contributed by atoms with van der Waals surface area (Å²) in [5, 5.41) is 0. The zero-order valence-electron chi connectivity index (χ0n) is 10.9. The number of carbonyl (C=O) groups excluding carboxylic acids is 1. The minimum absolute atomic E-state index is 0.264. The predicted octanol–water partition coefficient (Wildman–Crippen LogP) is 5.48. The van der Waals surface area contributed by atoms with Crippen LogP contribution in [-0.4, -0.2) is 5.91 Å². The van der Waals surface area contributed by atoms with Crippen molar-refractivity contribution in [3.63, 3.8) is 0 Å². The Morgan fingerprint density at radius 3 is 2.00 bits per heavy atom. The Balaban J connectivity index is 2.39. The van der Waals surface area contributed by atoms with Gasteiger partial charge in [0, 0.05) is 23.3 Å². The van der Waals surface area contributed by atoms with Crippen LogP contribution in [0.15, 0.2) is 72.7 Å². The van der Waals surface area contributed by atoms with Crippen molar-refractivity contribution in [2.75, 3.05) is 4.90 Å². The summed E-state index contributed by atoms with van der Waals surface area (Å²) in [6.45, 7) is 0. The second-order valence-corrected chi connectivity index (χ2v) is 9.01. The number of amides is 1. The number of hydrogen-bond donors (Lipinski definition) is 0. The van der Waals surface area contributed by atoms with Crippen molar-refractivity contribution in [3.8, 4) is 0 Å². The molecule has 1 amide bonds. The average molecular weight is 340 g/mol. The van der Waals surface area contributed by atoms with Crippen molar-refractivity contribution < 1.29 is 9.36 Å². The number of anilines is 1. The van der Waals surface area contributed by atoms with E-state index in [2.05, 4.69) is 0 Å². The smallest absolute Gasteiger partial charge is 0.276 e. The minimum atomic E-state index is -3.40. The molecule has 21 heavy (non-hydrogen) atoms. The zero-order valence-corrected chi connectivity index (χ0v) is 13.3. The molecule has 0 saturated heterocycles. The van der Waals surface area contributed by atoms with Crippen molar-refractivity contribution in [1.29, 1.82) is 0 Å². The fourth-order valence-electron chi connectivity index (χ4n) is 1.72. The molecule has 0 aliphatic rings. The van der Waals surface area contributed by atoms with Gasteiger partial charge in [0.25, 0.3) is 11.8 Å². The lowest BCUT2D eigenvalue weighted by molar-refractivity contribution is 0.0997. The first-order chi connectivity index (χ1) is 9.97. The third kappa shape index (κ3) is 4.75. The number of benzene rings is 2. The molecule has 6 heteroatoms. The van der Waals surface area contributed by atoms with Crippen LogP contribution in [0.4, 0.5) is 5.69 Å². The number of hydrogen-bond acceptors (Lipinski definition) is 2. The van der Waals surface area contributed by atoms with Gasteiger partial charge in [0.2, 0.25) is 0 Å². The van der Waals surface area contributed by atoms with Gasteiger partial charge in [0.05, 0.1) is 0 Å². The summed E-state index contributed by atoms with van der Waals surface area (Å²) < 4.78 is 11.4. The van der Waals surface area contributed by atoms with E-state index in [1.807, 2.05) is 12.1 Å². The summed E-state index contributed by atoms with van der Waals surface area (Å²) >= 11 is 11.0. The van der Waals surface area contributed by atoms with Gasteiger partial charge >= 0.3 is 0 Å². The monoisotopic (exact) mass is 339 g/mol. The van der Waals surface area contributed by atoms with Crippen molar-refractivity contribution in [3.05, 3.63) is 78.2 Å². The molecule has 2 rings (SSSR count). The Labute approximate surface area is 132 Å². The van der Waals surface area contributed by atoms with Gasteiger partial charge in [0.1, 0.15) is 0 Å². The summed E-state index contributed by atoms with van der Waals surface area (Å²) in [6, 6.07) is 17.7. The summed E-state index contributed by atoms with van der Waals surface area (Å²) in [5.41, 5.74) is 1.13. The standard InChI is InChI=1S/C15H12Cl2NO2P/c16-21(17,20)12-11-18(14-9-5-2-6-10-14)15(19)13-7-3-1-4-8-13/h1-12H/b12-11+. The van der Waals surface area contributed by atoms with E-state index in [-0.39, 0.29) is 5.91 Å². The largest absolute Gasteiger partial charge is 0.285 e. The van der Waals surface area contributed by atoms with Crippen LogP contribution in [0, 0.1) is 0 Å². The Morgan fingerprint density at radius 1 is 0.952 bits per heavy atom. The number of carbonyl (C=O) groups is 1. The summed E-state index contributed by atoms with van der Waals surface area (Å²) in [6.07, 6.45) is 1.34. The van der Waals surface area contributed by atoms with Gasteiger partial charge < -0.3 is 0 Å². The predicted molar refractivity (Wildman–Crippen MR) is 88.1 cm³/mol. The normalized spacial score (nSPS) is 11.5. The summed E-state index contributed by atoms with van der Waals surface area (Å²) in [4.78, 5) is 13.9. The van der Waals surface area contributed by atoms with E-state index >= 15 is 0 Å². The lowest BCUT2D eigenvalue weighted by Crippen LogP contribution is -2.25. The van der Waals surface area contributed by atoms with Gasteiger partial charge in [-0.3, -0.25) is 14.3 Å². The summed E-state index contributed by atoms with van der Waals surface area (Å²) in [7, 11) is 0. The SMILES string of the molecule is O=C(c1ccccc1)N(/C=C/P(=O)(Cl)Cl)c1ccccc1. The second-order valence-electron chi connectivity index (χ2n) is 4.18. The van der Waals surface area contributed by atoms with Gasteiger partial charge in [-0.2, -0.15) is 0 Å². The van der Waals surface area contributed by atoms with Crippen LogP contribution in [0.2, 0.25) is 0 Å². The highest BCUT2D eigenvalue weighted by Gasteiger charge is 2.17. The van der Waals surface area contributed by atoms with E-state index in [4.69, 9.17) is 22.5 Å². The molecule has 0 atom stereocenters. The van der Waals surface area contributed by atoms with E-state index in [9.17, 15) is 9.36 Å². The molecule has 0 aliphatic carbocycles. The maximum atomic E-state index is 12.6. The topological polar surface area (TPSA) is 37.4 Å². The first kappa shape index (κ1) is 15.8. The van der Waals surface area contributed by atoms with E-state index < -0.39 is 5.85 Å². The van der Waals surface area contributed by atoms with Gasteiger partial charge in [-0.1, -0.05) is 36.4 Å². The van der Waals surface area contributed by atoms with Crippen LogP contribution >= 0.6 is 28.3 Å². The molecule has 0 spiro atoms. The maximum Gasteiger partial charge on any atom is 0.276 e. The van der Waals surface area contributed by atoms with Gasteiger partial charge in [-0.05, 0) is 46.7 Å². The molecule has 0 bridgehead atoms. The summed E-state index contributed by atoms with van der Waals surface area (Å²) in [5.74, 6) is -2.54. The Morgan fingerprint density at radius 2 is 1.48 bits per heavy atom. The molecule has 2 aromatic carbocycles. The molecule has 0 heterocycles. The molecule has 2 aromatic rings. The van der Waals surface area contributed by atoms with Crippen LogP contribution in [0.25, 0.3) is 0 Å². The van der Waals surface area contributed by atoms with Crippen LogP contribution in [0.1, 0.15) is 10.4 Å². The maximum absolute atomic E-state index is 12.6. The van der Waals surface area contributed by atoms with Crippen molar-refractivity contribution in [2.24, 2.45) is 0 Å². The third-order valence-corrected chi connectivity index (χ3v) is 3.82. The molecule has 0 fully saturated rings. The number of rotatable bonds is 4. The fourth-order valence-corrected chi connectivity index (χ4v) is 2.31. The fraction of sp³-hybridized carbons (Fsp3) is 0. The van der Waals surface area contributed by atoms with Crippen molar-refractivity contribution >= 4 is 39.9 Å². The molecule has 0 N–H and O–H groups in total. The zero-order chi connectivity index (χ0) is 15.3. The number of nitrogens with zero attached hydrogens (tertiary/aromatic N) is 1. The van der Waals surface area contributed by atoms with Gasteiger partial charge in [0.15, 0.2) is 0 Å². The number of halogens is 2. The molecule has 0 radical (unpaired) electrons. The molecule has 0 unspecified atom stereocenters. The van der Waals surface area contributed by atoms with Crippen LogP contribution in [-0.2, 0) is 4.57 Å². The van der Waals surface area contributed by atoms with E-state index in [0.29, 0.717) is 11.3 Å². The highest BCUT2D eigenvalue weighted by atomic mass is 35.9. The van der Waals surface area contributed by atoms with Crippen LogP contribution < -0.4 is 4.90 Å². The highest BCUT2D eigenvalue weighted by molar-refractivity contribution is 8.10. The van der Waals surface area contributed by atoms with E-state index in [1.165, 1.54) is 11.1 Å². The van der Waals surface area contributed by atoms with Gasteiger partial charge in [-0.15, -0.1) is 0 Å². The third-order valence-electron chi connectivity index (χ3n) is 2.66.